The molecule has 1 unspecified atom stereocenters. The SMILES string of the molecule is CC1(C)c2ccccc2-c2ccc(N(c3ccc4c(c3)C3(c5ccccc5-c5ccccc5-4)c4ccccc4-c4c3ccc3c4-c4ccccc4C3)c3ccc4oc5ccccc5c4c3)cc21. The highest BCUT2D eigenvalue weighted by atomic mass is 16.3. The second-order valence-electron chi connectivity index (χ2n) is 19.5. The number of hydrogen-bond acceptors (Lipinski definition) is 2. The molecular weight excluding hydrogens is 811 g/mol. The summed E-state index contributed by atoms with van der Waals surface area (Å²) in [5.74, 6) is 0. The smallest absolute Gasteiger partial charge is 0.135 e. The minimum Gasteiger partial charge on any atom is -0.456 e. The minimum atomic E-state index is -0.641. The summed E-state index contributed by atoms with van der Waals surface area (Å²) in [4.78, 5) is 2.50. The molecular formula is C65H43NO. The highest BCUT2D eigenvalue weighted by Gasteiger charge is 2.51. The van der Waals surface area contributed by atoms with E-state index in [4.69, 9.17) is 4.42 Å². The van der Waals surface area contributed by atoms with Crippen LogP contribution in [0.5, 0.6) is 0 Å². The Balaban J connectivity index is 1.06. The maximum Gasteiger partial charge on any atom is 0.135 e. The van der Waals surface area contributed by atoms with Crippen molar-refractivity contribution in [3.05, 3.63) is 257 Å². The van der Waals surface area contributed by atoms with Crippen molar-refractivity contribution in [3.63, 3.8) is 0 Å². The molecule has 67 heavy (non-hydrogen) atoms. The van der Waals surface area contributed by atoms with Gasteiger partial charge in [-0.25, -0.2) is 0 Å². The lowest BCUT2D eigenvalue weighted by atomic mass is 9.65. The molecule has 0 radical (unpaired) electrons. The van der Waals surface area contributed by atoms with E-state index in [1.807, 2.05) is 0 Å². The summed E-state index contributed by atoms with van der Waals surface area (Å²) >= 11 is 0. The van der Waals surface area contributed by atoms with Crippen LogP contribution in [0.3, 0.4) is 0 Å². The van der Waals surface area contributed by atoms with Gasteiger partial charge in [-0.3, -0.25) is 0 Å². The Morgan fingerprint density at radius 2 is 0.866 bits per heavy atom. The van der Waals surface area contributed by atoms with Gasteiger partial charge in [0.1, 0.15) is 11.2 Å². The van der Waals surface area contributed by atoms with Crippen LogP contribution in [0.15, 0.2) is 217 Å². The lowest BCUT2D eigenvalue weighted by Crippen LogP contribution is -2.29. The van der Waals surface area contributed by atoms with Crippen molar-refractivity contribution < 1.29 is 4.42 Å². The van der Waals surface area contributed by atoms with Gasteiger partial charge >= 0.3 is 0 Å². The fourth-order valence-corrected chi connectivity index (χ4v) is 13.1. The molecule has 10 aromatic carbocycles. The molecule has 0 bridgehead atoms. The van der Waals surface area contributed by atoms with E-state index < -0.39 is 5.41 Å². The molecule has 1 aromatic heterocycles. The maximum atomic E-state index is 6.44. The van der Waals surface area contributed by atoms with Crippen molar-refractivity contribution in [2.45, 2.75) is 31.1 Å². The molecule has 4 aliphatic carbocycles. The fourth-order valence-electron chi connectivity index (χ4n) is 13.1. The van der Waals surface area contributed by atoms with Gasteiger partial charge in [0, 0.05) is 33.2 Å². The molecule has 1 heterocycles. The molecule has 0 saturated carbocycles. The van der Waals surface area contributed by atoms with E-state index in [2.05, 4.69) is 231 Å². The van der Waals surface area contributed by atoms with Gasteiger partial charge in [0.15, 0.2) is 0 Å². The first-order valence-corrected chi connectivity index (χ1v) is 23.6. The van der Waals surface area contributed by atoms with Crippen molar-refractivity contribution in [3.8, 4) is 55.6 Å². The van der Waals surface area contributed by atoms with Gasteiger partial charge in [0.2, 0.25) is 0 Å². The molecule has 2 nitrogen and oxygen atoms in total. The van der Waals surface area contributed by atoms with Gasteiger partial charge in [0.05, 0.1) is 5.41 Å². The van der Waals surface area contributed by atoms with Crippen molar-refractivity contribution >= 4 is 39.0 Å². The van der Waals surface area contributed by atoms with Crippen molar-refractivity contribution in [1.82, 2.24) is 0 Å². The molecule has 314 valence electrons. The van der Waals surface area contributed by atoms with Crippen molar-refractivity contribution in [2.75, 3.05) is 4.90 Å². The van der Waals surface area contributed by atoms with Gasteiger partial charge in [-0.2, -0.15) is 0 Å². The van der Waals surface area contributed by atoms with Crippen LogP contribution in [0.2, 0.25) is 0 Å². The highest BCUT2D eigenvalue weighted by molar-refractivity contribution is 6.07. The summed E-state index contributed by atoms with van der Waals surface area (Å²) < 4.78 is 6.44. The average molecular weight is 854 g/mol. The normalized spacial score (nSPS) is 16.0. The molecule has 11 aromatic rings. The molecule has 0 fully saturated rings. The third-order valence-electron chi connectivity index (χ3n) is 15.9. The summed E-state index contributed by atoms with van der Waals surface area (Å²) in [5.41, 5.74) is 28.2. The number of para-hydroxylation sites is 1. The molecule has 0 aliphatic heterocycles. The Kier molecular flexibility index (Phi) is 7.31. The third kappa shape index (κ3) is 4.79. The van der Waals surface area contributed by atoms with E-state index in [1.165, 1.54) is 100 Å². The van der Waals surface area contributed by atoms with E-state index in [1.54, 1.807) is 0 Å². The molecule has 0 saturated heterocycles. The van der Waals surface area contributed by atoms with Crippen LogP contribution in [0.25, 0.3) is 77.6 Å². The van der Waals surface area contributed by atoms with Gasteiger partial charge in [-0.1, -0.05) is 178 Å². The number of nitrogens with zero attached hydrogens (tertiary/aromatic N) is 1. The largest absolute Gasteiger partial charge is 0.456 e. The summed E-state index contributed by atoms with van der Waals surface area (Å²) in [6.45, 7) is 4.75. The van der Waals surface area contributed by atoms with Gasteiger partial charge in [0.25, 0.3) is 0 Å². The van der Waals surface area contributed by atoms with E-state index >= 15 is 0 Å². The van der Waals surface area contributed by atoms with Crippen LogP contribution in [-0.2, 0) is 17.3 Å². The minimum absolute atomic E-state index is 0.167. The number of hydrogen-bond donors (Lipinski definition) is 0. The first-order valence-electron chi connectivity index (χ1n) is 23.6. The van der Waals surface area contributed by atoms with Crippen LogP contribution in [-0.4, -0.2) is 0 Å². The quantitative estimate of drug-likeness (QED) is 0.176. The Bertz CT molecular complexity index is 3960. The lowest BCUT2D eigenvalue weighted by molar-refractivity contribution is 0.660. The van der Waals surface area contributed by atoms with E-state index in [-0.39, 0.29) is 5.41 Å². The van der Waals surface area contributed by atoms with Crippen LogP contribution < -0.4 is 4.90 Å². The fraction of sp³-hybridized carbons (Fsp3) is 0.0769. The Morgan fingerprint density at radius 1 is 0.343 bits per heavy atom. The molecule has 4 aliphatic rings. The van der Waals surface area contributed by atoms with E-state index in [0.717, 1.165) is 45.4 Å². The number of benzene rings is 10. The van der Waals surface area contributed by atoms with Crippen LogP contribution >= 0.6 is 0 Å². The molecule has 0 amide bonds. The zero-order valence-corrected chi connectivity index (χ0v) is 37.3. The summed E-state index contributed by atoms with van der Waals surface area (Å²) in [5, 5.41) is 2.22. The second-order valence-corrected chi connectivity index (χ2v) is 19.5. The summed E-state index contributed by atoms with van der Waals surface area (Å²) in [7, 11) is 0. The van der Waals surface area contributed by atoms with Crippen LogP contribution in [0.1, 0.15) is 58.4 Å². The van der Waals surface area contributed by atoms with Crippen LogP contribution in [0, 0.1) is 0 Å². The Morgan fingerprint density at radius 3 is 1.63 bits per heavy atom. The van der Waals surface area contributed by atoms with E-state index in [9.17, 15) is 0 Å². The zero-order chi connectivity index (χ0) is 44.2. The van der Waals surface area contributed by atoms with Crippen molar-refractivity contribution in [2.24, 2.45) is 0 Å². The topological polar surface area (TPSA) is 16.4 Å². The predicted octanol–water partition coefficient (Wildman–Crippen LogP) is 16.9. The zero-order valence-electron chi connectivity index (χ0n) is 37.3. The van der Waals surface area contributed by atoms with Gasteiger partial charge < -0.3 is 9.32 Å². The average Bonchev–Trinajstić information content (AvgIpc) is 4.07. The molecule has 15 rings (SSSR count). The highest BCUT2D eigenvalue weighted by Crippen LogP contribution is 2.64. The number of fused-ring (bicyclic) bond motifs is 22. The number of rotatable bonds is 3. The third-order valence-corrected chi connectivity index (χ3v) is 15.9. The first-order chi connectivity index (χ1) is 33.0. The predicted molar refractivity (Wildman–Crippen MR) is 276 cm³/mol. The molecule has 1 spiro atoms. The summed E-state index contributed by atoms with van der Waals surface area (Å²) in [6.07, 6.45) is 0.949. The van der Waals surface area contributed by atoms with Gasteiger partial charge in [-0.15, -0.1) is 0 Å². The summed E-state index contributed by atoms with van der Waals surface area (Å²) in [6, 6.07) is 80.1. The number of furan rings is 1. The lowest BCUT2D eigenvalue weighted by Gasteiger charge is -2.36. The molecule has 2 heteroatoms. The van der Waals surface area contributed by atoms with Gasteiger partial charge in [-0.05, 0) is 155 Å². The molecule has 0 N–H and O–H groups in total. The Hall–Kier alpha value is -8.20. The second kappa shape index (κ2) is 13.2. The van der Waals surface area contributed by atoms with Crippen LogP contribution in [0.4, 0.5) is 17.1 Å². The monoisotopic (exact) mass is 853 g/mol. The Labute approximate surface area is 390 Å². The van der Waals surface area contributed by atoms with E-state index in [0.29, 0.717) is 0 Å². The maximum absolute atomic E-state index is 6.44. The van der Waals surface area contributed by atoms with Crippen molar-refractivity contribution in [1.29, 1.82) is 0 Å². The molecule has 1 atom stereocenters. The standard InChI is InChI=1S/C65H43NO/c1-64(2)54-23-11-7-20-48(54)50-32-29-42(37-58(50)64)66(41-30-34-61-53(36-41)51-21-10-14-26-60(51)67-61)43-28-31-49-46-18-6-5-17-45(46)47-19-8-12-24-55(47)65(59(49)38-43)56-25-13-9-22-52(56)63-57(65)33-27-40-35-39-15-3-4-16-44(39)62(40)63/h3-34,36-38H,35H2,1-2H3. The first kappa shape index (κ1) is 37.1. The number of anilines is 3.